The summed E-state index contributed by atoms with van der Waals surface area (Å²) >= 11 is 0. The maximum atomic E-state index is 12.4. The van der Waals surface area contributed by atoms with Crippen LogP contribution in [0.2, 0.25) is 0 Å². The number of imidazole rings is 1. The van der Waals surface area contributed by atoms with E-state index < -0.39 is 0 Å². The van der Waals surface area contributed by atoms with Gasteiger partial charge in [0.15, 0.2) is 0 Å². The molecule has 0 aromatic carbocycles. The van der Waals surface area contributed by atoms with Crippen molar-refractivity contribution < 1.29 is 4.79 Å². The molecule has 1 fully saturated rings. The Kier molecular flexibility index (Phi) is 5.04. The molecule has 0 radical (unpaired) electrons. The van der Waals surface area contributed by atoms with E-state index in [0.29, 0.717) is 12.5 Å². The maximum Gasteiger partial charge on any atom is 0.225 e. The van der Waals surface area contributed by atoms with Gasteiger partial charge in [-0.2, -0.15) is 0 Å². The highest BCUT2D eigenvalue weighted by atomic mass is 16.1. The number of hydrogen-bond acceptors (Lipinski definition) is 3. The minimum absolute atomic E-state index is 0.0683. The van der Waals surface area contributed by atoms with Crippen molar-refractivity contribution >= 4 is 5.91 Å². The Morgan fingerprint density at radius 3 is 3.00 bits per heavy atom. The first kappa shape index (κ1) is 16.0. The van der Waals surface area contributed by atoms with Crippen molar-refractivity contribution in [3.8, 4) is 0 Å². The van der Waals surface area contributed by atoms with Crippen molar-refractivity contribution in [2.45, 2.75) is 65.1 Å². The zero-order valence-corrected chi connectivity index (χ0v) is 13.4. The van der Waals surface area contributed by atoms with Crippen LogP contribution in [0.5, 0.6) is 0 Å². The first-order chi connectivity index (χ1) is 9.90. The predicted molar refractivity (Wildman–Crippen MR) is 83.5 cm³/mol. The second kappa shape index (κ2) is 6.60. The third kappa shape index (κ3) is 4.06. The average Bonchev–Trinajstić information content (AvgIpc) is 2.82. The van der Waals surface area contributed by atoms with E-state index in [1.165, 1.54) is 0 Å². The lowest BCUT2D eigenvalue weighted by Gasteiger charge is -2.37. The second-order valence-corrected chi connectivity index (χ2v) is 6.91. The van der Waals surface area contributed by atoms with Gasteiger partial charge in [-0.3, -0.25) is 4.79 Å². The molecule has 2 atom stereocenters. The van der Waals surface area contributed by atoms with Crippen LogP contribution < -0.4 is 11.1 Å². The number of nitrogens with two attached hydrogens (primary N) is 1. The number of nitrogens with one attached hydrogen (secondary N) is 1. The fraction of sp³-hybridized carbons (Fsp3) is 0.750. The van der Waals surface area contributed by atoms with Gasteiger partial charge in [-0.1, -0.05) is 26.7 Å². The van der Waals surface area contributed by atoms with Crippen LogP contribution in [0.15, 0.2) is 12.4 Å². The third-order valence-corrected chi connectivity index (χ3v) is 4.36. The zero-order chi connectivity index (χ0) is 15.5. The highest BCUT2D eigenvalue weighted by molar-refractivity contribution is 5.80. The van der Waals surface area contributed by atoms with Gasteiger partial charge in [-0.25, -0.2) is 4.98 Å². The van der Waals surface area contributed by atoms with Crippen LogP contribution in [0.1, 0.15) is 52.3 Å². The molecule has 21 heavy (non-hydrogen) atoms. The van der Waals surface area contributed by atoms with Gasteiger partial charge in [0, 0.05) is 24.5 Å². The van der Waals surface area contributed by atoms with E-state index in [9.17, 15) is 4.79 Å². The van der Waals surface area contributed by atoms with Crippen LogP contribution >= 0.6 is 0 Å². The van der Waals surface area contributed by atoms with Gasteiger partial charge in [0.25, 0.3) is 0 Å². The topological polar surface area (TPSA) is 72.9 Å². The van der Waals surface area contributed by atoms with Crippen molar-refractivity contribution in [3.05, 3.63) is 18.2 Å². The molecule has 5 heteroatoms. The minimum Gasteiger partial charge on any atom is -0.349 e. The number of carbonyl (C=O) groups excluding carboxylic acids is 1. The van der Waals surface area contributed by atoms with Crippen molar-refractivity contribution in [1.82, 2.24) is 14.9 Å². The number of carbonyl (C=O) groups is 1. The quantitative estimate of drug-likeness (QED) is 0.872. The number of aromatic nitrogens is 2. The Morgan fingerprint density at radius 1 is 1.57 bits per heavy atom. The Morgan fingerprint density at radius 2 is 2.33 bits per heavy atom. The molecule has 1 aliphatic carbocycles. The largest absolute Gasteiger partial charge is 0.349 e. The molecule has 1 aromatic heterocycles. The highest BCUT2D eigenvalue weighted by Gasteiger charge is 2.37. The molecule has 1 amide bonds. The maximum absolute atomic E-state index is 12.4. The summed E-state index contributed by atoms with van der Waals surface area (Å²) in [6.45, 7) is 7.74. The van der Waals surface area contributed by atoms with Crippen LogP contribution in [0.3, 0.4) is 0 Å². The van der Waals surface area contributed by atoms with E-state index in [1.54, 1.807) is 6.20 Å². The molecule has 0 saturated heterocycles. The Balaban J connectivity index is 1.93. The Labute approximate surface area is 127 Å². The molecule has 3 N–H and O–H groups in total. The SMILES string of the molecule is CC(C)Cn1ccnc1CNC(=O)C1CCCCC1(C)N. The van der Waals surface area contributed by atoms with E-state index in [-0.39, 0.29) is 17.4 Å². The average molecular weight is 292 g/mol. The molecule has 0 spiro atoms. The van der Waals surface area contributed by atoms with Gasteiger partial charge in [-0.05, 0) is 25.7 Å². The fourth-order valence-corrected chi connectivity index (χ4v) is 3.15. The molecule has 5 nitrogen and oxygen atoms in total. The monoisotopic (exact) mass is 292 g/mol. The second-order valence-electron chi connectivity index (χ2n) is 6.91. The zero-order valence-electron chi connectivity index (χ0n) is 13.4. The summed E-state index contributed by atoms with van der Waals surface area (Å²) in [6, 6.07) is 0. The van der Waals surface area contributed by atoms with E-state index in [1.807, 2.05) is 13.1 Å². The lowest BCUT2D eigenvalue weighted by atomic mass is 9.74. The summed E-state index contributed by atoms with van der Waals surface area (Å²) in [4.78, 5) is 16.8. The molecular weight excluding hydrogens is 264 g/mol. The van der Waals surface area contributed by atoms with Crippen LogP contribution in [-0.2, 0) is 17.9 Å². The Bertz CT molecular complexity index is 478. The van der Waals surface area contributed by atoms with Gasteiger partial charge in [-0.15, -0.1) is 0 Å². The van der Waals surface area contributed by atoms with Gasteiger partial charge < -0.3 is 15.6 Å². The molecular formula is C16H28N4O. The van der Waals surface area contributed by atoms with Crippen molar-refractivity contribution in [3.63, 3.8) is 0 Å². The summed E-state index contributed by atoms with van der Waals surface area (Å²) in [5, 5.41) is 3.02. The van der Waals surface area contributed by atoms with Crippen LogP contribution in [0.4, 0.5) is 0 Å². The van der Waals surface area contributed by atoms with Gasteiger partial charge in [0.2, 0.25) is 5.91 Å². The van der Waals surface area contributed by atoms with Gasteiger partial charge in [0.1, 0.15) is 5.82 Å². The first-order valence-corrected chi connectivity index (χ1v) is 7.97. The summed E-state index contributed by atoms with van der Waals surface area (Å²) in [5.41, 5.74) is 5.91. The molecule has 1 aromatic rings. The van der Waals surface area contributed by atoms with Crippen molar-refractivity contribution in [2.75, 3.05) is 0 Å². The number of nitrogens with zero attached hydrogens (tertiary/aromatic N) is 2. The van der Waals surface area contributed by atoms with Gasteiger partial charge in [0.05, 0.1) is 12.5 Å². The van der Waals surface area contributed by atoms with E-state index in [2.05, 4.69) is 28.7 Å². The van der Waals surface area contributed by atoms with E-state index in [4.69, 9.17) is 5.73 Å². The lowest BCUT2D eigenvalue weighted by molar-refractivity contribution is -0.128. The van der Waals surface area contributed by atoms with Crippen molar-refractivity contribution in [1.29, 1.82) is 0 Å². The molecule has 2 unspecified atom stereocenters. The van der Waals surface area contributed by atoms with E-state index >= 15 is 0 Å². The molecule has 1 saturated carbocycles. The lowest BCUT2D eigenvalue weighted by Crippen LogP contribution is -2.52. The Hall–Kier alpha value is -1.36. The molecule has 118 valence electrons. The summed E-state index contributed by atoms with van der Waals surface area (Å²) in [5.74, 6) is 1.45. The summed E-state index contributed by atoms with van der Waals surface area (Å²) in [6.07, 6.45) is 7.78. The summed E-state index contributed by atoms with van der Waals surface area (Å²) < 4.78 is 2.10. The molecule has 1 heterocycles. The van der Waals surface area contributed by atoms with Crippen LogP contribution in [0, 0.1) is 11.8 Å². The van der Waals surface area contributed by atoms with Crippen molar-refractivity contribution in [2.24, 2.45) is 17.6 Å². The molecule has 1 aliphatic rings. The normalized spacial score (nSPS) is 26.0. The number of hydrogen-bond donors (Lipinski definition) is 2. The molecule has 0 aliphatic heterocycles. The van der Waals surface area contributed by atoms with E-state index in [0.717, 1.165) is 38.1 Å². The smallest absolute Gasteiger partial charge is 0.225 e. The van der Waals surface area contributed by atoms with Crippen LogP contribution in [0.25, 0.3) is 0 Å². The number of amides is 1. The standard InChI is InChI=1S/C16H28N4O/c1-12(2)11-20-9-8-18-14(20)10-19-15(21)13-6-4-5-7-16(13,3)17/h8-9,12-13H,4-7,10-11,17H2,1-3H3,(H,19,21). The van der Waals surface area contributed by atoms with Crippen LogP contribution in [-0.4, -0.2) is 21.0 Å². The highest BCUT2D eigenvalue weighted by Crippen LogP contribution is 2.31. The molecule has 2 rings (SSSR count). The minimum atomic E-state index is -0.379. The fourth-order valence-electron chi connectivity index (χ4n) is 3.15. The number of rotatable bonds is 5. The summed E-state index contributed by atoms with van der Waals surface area (Å²) in [7, 11) is 0. The van der Waals surface area contributed by atoms with Gasteiger partial charge >= 0.3 is 0 Å². The third-order valence-electron chi connectivity index (χ3n) is 4.36. The molecule has 0 bridgehead atoms. The predicted octanol–water partition coefficient (Wildman–Crippen LogP) is 2.06. The first-order valence-electron chi connectivity index (χ1n) is 7.97.